The quantitative estimate of drug-likeness (QED) is 0.719. The third kappa shape index (κ3) is 3.09. The summed E-state index contributed by atoms with van der Waals surface area (Å²) in [6.07, 6.45) is 5.30. The standard InChI is InChI=1S/C17H20N6OS/c1-2-15-19-17(25-20-15)22-8-5-7-21(10-11-22)16(24)13-12-18-23-9-4-3-6-14(13)23/h3-4,6,9,12H,2,5,7-8,10-11H2,1H3. The van der Waals surface area contributed by atoms with Crippen LogP contribution >= 0.6 is 11.5 Å². The molecule has 1 saturated heterocycles. The van der Waals surface area contributed by atoms with Gasteiger partial charge in [0, 0.05) is 50.3 Å². The van der Waals surface area contributed by atoms with Crippen molar-refractivity contribution in [1.82, 2.24) is 23.9 Å². The maximum absolute atomic E-state index is 12.9. The highest BCUT2D eigenvalue weighted by atomic mass is 32.1. The second-order valence-electron chi connectivity index (χ2n) is 6.07. The Labute approximate surface area is 150 Å². The average molecular weight is 356 g/mol. The molecule has 3 aromatic heterocycles. The molecular formula is C17H20N6OS. The molecule has 4 rings (SSSR count). The Morgan fingerprint density at radius 1 is 1.24 bits per heavy atom. The predicted molar refractivity (Wildman–Crippen MR) is 97.2 cm³/mol. The van der Waals surface area contributed by atoms with Gasteiger partial charge >= 0.3 is 0 Å². The van der Waals surface area contributed by atoms with Gasteiger partial charge in [0.25, 0.3) is 5.91 Å². The Hall–Kier alpha value is -2.48. The van der Waals surface area contributed by atoms with E-state index in [1.807, 2.05) is 29.3 Å². The lowest BCUT2D eigenvalue weighted by atomic mass is 10.2. The van der Waals surface area contributed by atoms with Gasteiger partial charge in [-0.25, -0.2) is 9.50 Å². The predicted octanol–water partition coefficient (Wildman–Crippen LogP) is 2.10. The fourth-order valence-corrected chi connectivity index (χ4v) is 3.90. The highest BCUT2D eigenvalue weighted by Crippen LogP contribution is 2.20. The molecule has 4 heterocycles. The largest absolute Gasteiger partial charge is 0.345 e. The van der Waals surface area contributed by atoms with E-state index in [1.165, 1.54) is 11.5 Å². The first-order chi connectivity index (χ1) is 12.3. The lowest BCUT2D eigenvalue weighted by Crippen LogP contribution is -2.35. The zero-order valence-electron chi connectivity index (χ0n) is 14.1. The Bertz CT molecular complexity index is 888. The summed E-state index contributed by atoms with van der Waals surface area (Å²) in [5.41, 5.74) is 1.52. The number of rotatable bonds is 3. The van der Waals surface area contributed by atoms with E-state index in [0.29, 0.717) is 12.1 Å². The third-order valence-corrected chi connectivity index (χ3v) is 5.30. The van der Waals surface area contributed by atoms with Crippen LogP contribution < -0.4 is 4.90 Å². The molecule has 0 bridgehead atoms. The zero-order valence-corrected chi connectivity index (χ0v) is 14.9. The Kier molecular flexibility index (Phi) is 4.35. The highest BCUT2D eigenvalue weighted by molar-refractivity contribution is 7.09. The summed E-state index contributed by atoms with van der Waals surface area (Å²) >= 11 is 1.45. The van der Waals surface area contributed by atoms with Crippen LogP contribution in [0.1, 0.15) is 29.5 Å². The maximum Gasteiger partial charge on any atom is 0.257 e. The SMILES string of the molecule is CCc1nsc(N2CCCN(C(=O)c3cnn4ccccc34)CC2)n1. The van der Waals surface area contributed by atoms with Gasteiger partial charge in [-0.05, 0) is 18.6 Å². The molecular weight excluding hydrogens is 336 g/mol. The topological polar surface area (TPSA) is 66.6 Å². The van der Waals surface area contributed by atoms with Gasteiger partial charge in [0.1, 0.15) is 5.82 Å². The van der Waals surface area contributed by atoms with Gasteiger partial charge in [-0.15, -0.1) is 0 Å². The van der Waals surface area contributed by atoms with Crippen molar-refractivity contribution in [3.63, 3.8) is 0 Å². The van der Waals surface area contributed by atoms with Crippen LogP contribution in [0.15, 0.2) is 30.6 Å². The first-order valence-corrected chi connectivity index (χ1v) is 9.33. The molecule has 0 aromatic carbocycles. The molecule has 130 valence electrons. The molecule has 1 aliphatic rings. The molecule has 1 amide bonds. The summed E-state index contributed by atoms with van der Waals surface area (Å²) in [5.74, 6) is 0.943. The number of hydrogen-bond donors (Lipinski definition) is 0. The second kappa shape index (κ2) is 6.79. The molecule has 0 unspecified atom stereocenters. The minimum atomic E-state index is 0.0505. The van der Waals surface area contributed by atoms with Gasteiger partial charge in [-0.3, -0.25) is 4.79 Å². The molecule has 0 atom stereocenters. The van der Waals surface area contributed by atoms with Crippen LogP contribution in [0.25, 0.3) is 5.52 Å². The van der Waals surface area contributed by atoms with Crippen LogP contribution in [0, 0.1) is 0 Å². The van der Waals surface area contributed by atoms with Gasteiger partial charge in [0.15, 0.2) is 0 Å². The first-order valence-electron chi connectivity index (χ1n) is 8.55. The van der Waals surface area contributed by atoms with Crippen molar-refractivity contribution in [2.24, 2.45) is 0 Å². The van der Waals surface area contributed by atoms with Gasteiger partial charge in [0.05, 0.1) is 17.3 Å². The fraction of sp³-hybridized carbons (Fsp3) is 0.412. The third-order valence-electron chi connectivity index (χ3n) is 4.48. The van der Waals surface area contributed by atoms with Crippen molar-refractivity contribution in [3.05, 3.63) is 42.0 Å². The Morgan fingerprint density at radius 3 is 3.00 bits per heavy atom. The summed E-state index contributed by atoms with van der Waals surface area (Å²) in [5, 5.41) is 5.24. The van der Waals surface area contributed by atoms with Gasteiger partial charge in [-0.1, -0.05) is 13.0 Å². The summed E-state index contributed by atoms with van der Waals surface area (Å²) in [6.45, 7) is 5.17. The zero-order chi connectivity index (χ0) is 17.2. The number of amides is 1. The number of pyridine rings is 1. The summed E-state index contributed by atoms with van der Waals surface area (Å²) in [7, 11) is 0. The number of carbonyl (C=O) groups is 1. The summed E-state index contributed by atoms with van der Waals surface area (Å²) in [4.78, 5) is 21.7. The highest BCUT2D eigenvalue weighted by Gasteiger charge is 2.24. The smallest absolute Gasteiger partial charge is 0.257 e. The molecule has 3 aromatic rings. The van der Waals surface area contributed by atoms with Gasteiger partial charge in [0.2, 0.25) is 5.13 Å². The van der Waals surface area contributed by atoms with Gasteiger partial charge in [-0.2, -0.15) is 9.47 Å². The molecule has 25 heavy (non-hydrogen) atoms. The number of fused-ring (bicyclic) bond motifs is 1. The summed E-state index contributed by atoms with van der Waals surface area (Å²) < 4.78 is 6.11. The van der Waals surface area contributed by atoms with E-state index in [0.717, 1.165) is 48.9 Å². The molecule has 0 spiro atoms. The molecule has 0 saturated carbocycles. The van der Waals surface area contributed by atoms with E-state index in [2.05, 4.69) is 26.3 Å². The van der Waals surface area contributed by atoms with Crippen LogP contribution in [0.3, 0.4) is 0 Å². The molecule has 1 fully saturated rings. The molecule has 0 aliphatic carbocycles. The summed E-state index contributed by atoms with van der Waals surface area (Å²) in [6, 6.07) is 5.77. The minimum absolute atomic E-state index is 0.0505. The van der Waals surface area contributed by atoms with E-state index >= 15 is 0 Å². The fourth-order valence-electron chi connectivity index (χ4n) is 3.10. The maximum atomic E-state index is 12.9. The monoisotopic (exact) mass is 356 g/mol. The lowest BCUT2D eigenvalue weighted by Gasteiger charge is -2.21. The van der Waals surface area contributed by atoms with Crippen molar-refractivity contribution in [1.29, 1.82) is 0 Å². The second-order valence-corrected chi connectivity index (χ2v) is 6.80. The van der Waals surface area contributed by atoms with Crippen LogP contribution in [-0.4, -0.2) is 56.0 Å². The van der Waals surface area contributed by atoms with Crippen molar-refractivity contribution < 1.29 is 4.79 Å². The van der Waals surface area contributed by atoms with Crippen molar-refractivity contribution in [3.8, 4) is 0 Å². The number of anilines is 1. The number of hydrogen-bond acceptors (Lipinski definition) is 6. The van der Waals surface area contributed by atoms with E-state index < -0.39 is 0 Å². The number of nitrogens with zero attached hydrogens (tertiary/aromatic N) is 6. The van der Waals surface area contributed by atoms with Gasteiger partial charge < -0.3 is 9.80 Å². The van der Waals surface area contributed by atoms with Crippen LogP contribution in [0.4, 0.5) is 5.13 Å². The normalized spacial score (nSPS) is 15.6. The van der Waals surface area contributed by atoms with E-state index in [9.17, 15) is 4.79 Å². The molecule has 0 N–H and O–H groups in total. The first kappa shape index (κ1) is 16.0. The molecule has 8 heteroatoms. The van der Waals surface area contributed by atoms with Crippen LogP contribution in [0.2, 0.25) is 0 Å². The van der Waals surface area contributed by atoms with Crippen molar-refractivity contribution in [2.45, 2.75) is 19.8 Å². The number of aromatic nitrogens is 4. The average Bonchev–Trinajstić information content (AvgIpc) is 3.22. The Balaban J connectivity index is 1.49. The molecule has 0 radical (unpaired) electrons. The van der Waals surface area contributed by atoms with Crippen molar-refractivity contribution in [2.75, 3.05) is 31.1 Å². The molecule has 7 nitrogen and oxygen atoms in total. The molecule has 1 aliphatic heterocycles. The van der Waals surface area contributed by atoms with Crippen LogP contribution in [0.5, 0.6) is 0 Å². The minimum Gasteiger partial charge on any atom is -0.345 e. The van der Waals surface area contributed by atoms with E-state index in [4.69, 9.17) is 0 Å². The number of aryl methyl sites for hydroxylation is 1. The van der Waals surface area contributed by atoms with E-state index in [-0.39, 0.29) is 5.91 Å². The van der Waals surface area contributed by atoms with Crippen LogP contribution in [-0.2, 0) is 6.42 Å². The van der Waals surface area contributed by atoms with Crippen molar-refractivity contribution >= 4 is 28.1 Å². The van der Waals surface area contributed by atoms with E-state index in [1.54, 1.807) is 10.7 Å². The number of carbonyl (C=O) groups excluding carboxylic acids is 1. The Morgan fingerprint density at radius 2 is 2.16 bits per heavy atom. The lowest BCUT2D eigenvalue weighted by molar-refractivity contribution is 0.0769.